The molecule has 0 aromatic heterocycles. The molecule has 1 aliphatic carbocycles. The van der Waals surface area contributed by atoms with Crippen molar-refractivity contribution in [1.29, 1.82) is 0 Å². The van der Waals surface area contributed by atoms with Crippen LogP contribution in [0.5, 0.6) is 0 Å². The van der Waals surface area contributed by atoms with E-state index in [0.717, 1.165) is 6.42 Å². The zero-order chi connectivity index (χ0) is 13.0. The van der Waals surface area contributed by atoms with Gasteiger partial charge in [-0.2, -0.15) is 0 Å². The average molecular weight is 247 g/mol. The first-order valence-corrected chi connectivity index (χ1v) is 5.75. The van der Waals surface area contributed by atoms with Crippen molar-refractivity contribution in [3.05, 3.63) is 51.8 Å². The normalized spacial score (nSPS) is 15.1. The number of rotatable bonds is 4. The molecule has 0 spiro atoms. The number of carbonyl (C=O) groups excluding carboxylic acids is 1. The van der Waals surface area contributed by atoms with Crippen molar-refractivity contribution in [3.8, 4) is 0 Å². The Morgan fingerprint density at radius 1 is 1.28 bits per heavy atom. The molecule has 2 rings (SSSR count). The lowest BCUT2D eigenvalue weighted by Gasteiger charge is -2.13. The fraction of sp³-hybridized carbons (Fsp3) is 0.308. The summed E-state index contributed by atoms with van der Waals surface area (Å²) in [5.74, 6) is 0.670. The zero-order valence-electron chi connectivity index (χ0n) is 9.80. The Morgan fingerprint density at radius 3 is 2.78 bits per heavy atom. The Labute approximate surface area is 104 Å². The second-order valence-electron chi connectivity index (χ2n) is 4.11. The van der Waals surface area contributed by atoms with Crippen LogP contribution < -0.4 is 0 Å². The summed E-state index contributed by atoms with van der Waals surface area (Å²) in [7, 11) is 0. The molecule has 0 bridgehead atoms. The van der Waals surface area contributed by atoms with Gasteiger partial charge in [-0.3, -0.25) is 14.9 Å². The number of hydrogen-bond donors (Lipinski definition) is 0. The Bertz CT molecular complexity index is 507. The van der Waals surface area contributed by atoms with Gasteiger partial charge in [0.2, 0.25) is 0 Å². The number of benzene rings is 1. The summed E-state index contributed by atoms with van der Waals surface area (Å²) in [6.07, 6.45) is 3.53. The minimum Gasteiger partial charge on any atom is -0.493 e. The van der Waals surface area contributed by atoms with Gasteiger partial charge >= 0.3 is 0 Å². The Morgan fingerprint density at radius 2 is 2.06 bits per heavy atom. The van der Waals surface area contributed by atoms with Crippen molar-refractivity contribution in [3.63, 3.8) is 0 Å². The molecule has 0 saturated heterocycles. The molecule has 1 aromatic rings. The van der Waals surface area contributed by atoms with Gasteiger partial charge in [0, 0.05) is 25.0 Å². The Kier molecular flexibility index (Phi) is 3.72. The highest BCUT2D eigenvalue weighted by molar-refractivity contribution is 5.90. The number of nitro groups is 1. The zero-order valence-corrected chi connectivity index (χ0v) is 9.80. The molecule has 0 unspecified atom stereocenters. The smallest absolute Gasteiger partial charge is 0.276 e. The van der Waals surface area contributed by atoms with E-state index in [4.69, 9.17) is 4.74 Å². The summed E-state index contributed by atoms with van der Waals surface area (Å²) < 4.78 is 5.47. The van der Waals surface area contributed by atoms with E-state index in [1.54, 1.807) is 18.2 Å². The highest BCUT2D eigenvalue weighted by Crippen LogP contribution is 2.22. The fourth-order valence-electron chi connectivity index (χ4n) is 1.86. The highest BCUT2D eigenvalue weighted by atomic mass is 16.6. The Hall–Kier alpha value is -2.17. The third-order valence-electron chi connectivity index (χ3n) is 2.77. The maximum absolute atomic E-state index is 11.2. The molecule has 0 atom stereocenters. The van der Waals surface area contributed by atoms with Gasteiger partial charge in [-0.05, 0) is 12.5 Å². The van der Waals surface area contributed by atoms with E-state index in [1.807, 2.05) is 0 Å². The number of para-hydroxylation sites is 1. The fourth-order valence-corrected chi connectivity index (χ4v) is 1.86. The molecule has 0 N–H and O–H groups in total. The van der Waals surface area contributed by atoms with Crippen molar-refractivity contribution in [2.45, 2.75) is 25.9 Å². The van der Waals surface area contributed by atoms with Crippen molar-refractivity contribution >= 4 is 11.5 Å². The summed E-state index contributed by atoms with van der Waals surface area (Å²) in [6, 6.07) is 6.44. The van der Waals surface area contributed by atoms with Crippen molar-refractivity contribution < 1.29 is 14.5 Å². The summed E-state index contributed by atoms with van der Waals surface area (Å²) in [4.78, 5) is 21.6. The highest BCUT2D eigenvalue weighted by Gasteiger charge is 2.15. The molecule has 1 aliphatic rings. The van der Waals surface area contributed by atoms with E-state index in [1.165, 1.54) is 12.1 Å². The van der Waals surface area contributed by atoms with Gasteiger partial charge in [0.15, 0.2) is 5.78 Å². The van der Waals surface area contributed by atoms with Gasteiger partial charge in [-0.25, -0.2) is 0 Å². The second kappa shape index (κ2) is 5.44. The molecule has 0 fully saturated rings. The molecule has 18 heavy (non-hydrogen) atoms. The number of nitrogens with zero attached hydrogens (tertiary/aromatic N) is 1. The van der Waals surface area contributed by atoms with E-state index >= 15 is 0 Å². The summed E-state index contributed by atoms with van der Waals surface area (Å²) in [5, 5.41) is 10.8. The topological polar surface area (TPSA) is 69.4 Å². The number of ketones is 1. The lowest BCUT2D eigenvalue weighted by atomic mass is 10.1. The van der Waals surface area contributed by atoms with E-state index in [2.05, 4.69) is 0 Å². The lowest BCUT2D eigenvalue weighted by molar-refractivity contribution is -0.385. The molecular formula is C13H13NO4. The molecule has 5 heteroatoms. The van der Waals surface area contributed by atoms with Gasteiger partial charge in [-0.1, -0.05) is 12.1 Å². The molecule has 0 amide bonds. The van der Waals surface area contributed by atoms with Gasteiger partial charge in [-0.15, -0.1) is 0 Å². The number of allylic oxidation sites excluding steroid dienone is 2. The van der Waals surface area contributed by atoms with Gasteiger partial charge in [0.05, 0.1) is 10.5 Å². The minimum absolute atomic E-state index is 0.0419. The predicted octanol–water partition coefficient (Wildman–Crippen LogP) is 2.75. The van der Waals surface area contributed by atoms with Crippen molar-refractivity contribution in [1.82, 2.24) is 0 Å². The quantitative estimate of drug-likeness (QED) is 0.606. The first-order valence-electron chi connectivity index (χ1n) is 5.75. The van der Waals surface area contributed by atoms with Gasteiger partial charge < -0.3 is 4.74 Å². The minimum atomic E-state index is -0.431. The van der Waals surface area contributed by atoms with Crippen molar-refractivity contribution in [2.24, 2.45) is 0 Å². The monoisotopic (exact) mass is 247 g/mol. The van der Waals surface area contributed by atoms with Crippen molar-refractivity contribution in [2.75, 3.05) is 0 Å². The number of hydrogen-bond acceptors (Lipinski definition) is 4. The summed E-state index contributed by atoms with van der Waals surface area (Å²) >= 11 is 0. The molecule has 0 saturated carbocycles. The SMILES string of the molecule is O=C1C=C(OCc2ccccc2[N+](=O)[O-])CCC1. The molecule has 0 radical (unpaired) electrons. The first kappa shape index (κ1) is 12.3. The summed E-state index contributed by atoms with van der Waals surface area (Å²) in [6.45, 7) is 0.121. The number of carbonyl (C=O) groups is 1. The molecule has 94 valence electrons. The van der Waals surface area contributed by atoms with E-state index in [0.29, 0.717) is 24.2 Å². The van der Waals surface area contributed by atoms with Crippen LogP contribution in [-0.2, 0) is 16.1 Å². The van der Waals surface area contributed by atoms with Crippen LogP contribution in [0, 0.1) is 10.1 Å². The first-order chi connectivity index (χ1) is 8.66. The molecule has 0 heterocycles. The van der Waals surface area contributed by atoms with Crippen LogP contribution in [0.4, 0.5) is 5.69 Å². The summed E-state index contributed by atoms with van der Waals surface area (Å²) in [5.41, 5.74) is 0.557. The third-order valence-corrected chi connectivity index (χ3v) is 2.77. The molecular weight excluding hydrogens is 234 g/mol. The van der Waals surface area contributed by atoms with Crippen LogP contribution in [-0.4, -0.2) is 10.7 Å². The van der Waals surface area contributed by atoms with E-state index < -0.39 is 4.92 Å². The van der Waals surface area contributed by atoms with Crippen LogP contribution in [0.2, 0.25) is 0 Å². The van der Waals surface area contributed by atoms with Crippen LogP contribution in [0.15, 0.2) is 36.1 Å². The maximum Gasteiger partial charge on any atom is 0.276 e. The van der Waals surface area contributed by atoms with Crippen LogP contribution >= 0.6 is 0 Å². The van der Waals surface area contributed by atoms with Gasteiger partial charge in [0.25, 0.3) is 5.69 Å². The van der Waals surface area contributed by atoms with Crippen LogP contribution in [0.3, 0.4) is 0 Å². The second-order valence-corrected chi connectivity index (χ2v) is 4.11. The van der Waals surface area contributed by atoms with Crippen LogP contribution in [0.1, 0.15) is 24.8 Å². The molecule has 1 aromatic carbocycles. The Balaban J connectivity index is 2.06. The predicted molar refractivity (Wildman–Crippen MR) is 64.8 cm³/mol. The lowest BCUT2D eigenvalue weighted by Crippen LogP contribution is -2.06. The number of nitro benzene ring substituents is 1. The van der Waals surface area contributed by atoms with Gasteiger partial charge in [0.1, 0.15) is 12.4 Å². The standard InChI is InChI=1S/C13H13NO4/c15-11-5-3-6-12(8-11)18-9-10-4-1-2-7-13(10)14(16)17/h1-2,4,7-8H,3,5-6,9H2. The molecule has 0 aliphatic heterocycles. The number of ether oxygens (including phenoxy) is 1. The maximum atomic E-state index is 11.2. The largest absolute Gasteiger partial charge is 0.493 e. The van der Waals surface area contributed by atoms with Crippen LogP contribution in [0.25, 0.3) is 0 Å². The van der Waals surface area contributed by atoms with E-state index in [-0.39, 0.29) is 18.1 Å². The molecule has 5 nitrogen and oxygen atoms in total. The van der Waals surface area contributed by atoms with E-state index in [9.17, 15) is 14.9 Å². The third kappa shape index (κ3) is 2.94. The average Bonchev–Trinajstić information content (AvgIpc) is 2.37.